The molecule has 6 aliphatic rings. The normalized spacial score (nSPS) is 44.6. The summed E-state index contributed by atoms with van der Waals surface area (Å²) in [5.41, 5.74) is 5.74. The largest absolute Gasteiger partial charge is 0.478 e. The van der Waals surface area contributed by atoms with Crippen LogP contribution in [0.3, 0.4) is 0 Å². The van der Waals surface area contributed by atoms with Crippen LogP contribution in [0.25, 0.3) is 5.57 Å². The molecule has 5 aliphatic carbocycles. The molecule has 0 radical (unpaired) electrons. The molecule has 7 rings (SSSR count). The van der Waals surface area contributed by atoms with Gasteiger partial charge in [-0.3, -0.25) is 0 Å². The lowest BCUT2D eigenvalue weighted by molar-refractivity contribution is -0.219. The Balaban J connectivity index is 1.19. The van der Waals surface area contributed by atoms with E-state index in [1.807, 2.05) is 12.1 Å². The van der Waals surface area contributed by atoms with Gasteiger partial charge in [0, 0.05) is 5.54 Å². The maximum absolute atomic E-state index is 11.5. The van der Waals surface area contributed by atoms with Crippen LogP contribution in [0.2, 0.25) is 0 Å². The van der Waals surface area contributed by atoms with Gasteiger partial charge >= 0.3 is 5.97 Å². The molecule has 0 aromatic heterocycles. The zero-order chi connectivity index (χ0) is 32.7. The fourth-order valence-corrected chi connectivity index (χ4v) is 13.8. The molecule has 1 aromatic carbocycles. The molecule has 0 amide bonds. The van der Waals surface area contributed by atoms with Crippen LogP contribution in [0.4, 0.5) is 0 Å². The highest BCUT2D eigenvalue weighted by molar-refractivity contribution is 5.88. The predicted molar refractivity (Wildman–Crippen MR) is 190 cm³/mol. The summed E-state index contributed by atoms with van der Waals surface area (Å²) in [4.78, 5) is 11.5. The first kappa shape index (κ1) is 32.6. The Morgan fingerprint density at radius 1 is 0.935 bits per heavy atom. The summed E-state index contributed by atoms with van der Waals surface area (Å²) in [5.74, 6) is 3.40. The van der Waals surface area contributed by atoms with Crippen molar-refractivity contribution < 1.29 is 9.90 Å². The number of carboxylic acids is 1. The van der Waals surface area contributed by atoms with Gasteiger partial charge in [-0.05, 0) is 178 Å². The lowest BCUT2D eigenvalue weighted by atomic mass is 9.33. The highest BCUT2D eigenvalue weighted by atomic mass is 16.4. The molecule has 4 saturated carbocycles. The first-order valence-corrected chi connectivity index (χ1v) is 18.9. The second kappa shape index (κ2) is 11.3. The second-order valence-corrected chi connectivity index (χ2v) is 18.4. The smallest absolute Gasteiger partial charge is 0.335 e. The summed E-state index contributed by atoms with van der Waals surface area (Å²) in [5, 5.41) is 17.5. The van der Waals surface area contributed by atoms with E-state index in [0.717, 1.165) is 24.2 Å². The first-order chi connectivity index (χ1) is 21.8. The van der Waals surface area contributed by atoms with Gasteiger partial charge in [0.25, 0.3) is 0 Å². The molecule has 4 heteroatoms. The minimum absolute atomic E-state index is 0.0486. The number of hydrogen-bond donors (Lipinski definition) is 3. The summed E-state index contributed by atoms with van der Waals surface area (Å²) in [6, 6.07) is 7.67. The molecule has 1 saturated heterocycles. The molecule has 252 valence electrons. The number of allylic oxidation sites excluding steroid dienone is 3. The van der Waals surface area contributed by atoms with Crippen molar-refractivity contribution in [2.24, 2.45) is 57.2 Å². The summed E-state index contributed by atoms with van der Waals surface area (Å²) in [6.07, 6.45) is 17.1. The molecular formula is C42H62N2O2. The summed E-state index contributed by atoms with van der Waals surface area (Å²) >= 11 is 0. The van der Waals surface area contributed by atoms with Crippen LogP contribution in [-0.2, 0) is 0 Å². The zero-order valence-corrected chi connectivity index (χ0v) is 29.8. The van der Waals surface area contributed by atoms with Gasteiger partial charge in [0.1, 0.15) is 0 Å². The number of nitrogens with one attached hydrogen (secondary N) is 2. The summed E-state index contributed by atoms with van der Waals surface area (Å²) < 4.78 is 0. The van der Waals surface area contributed by atoms with Gasteiger partial charge < -0.3 is 15.7 Å². The second-order valence-electron chi connectivity index (χ2n) is 18.4. The highest BCUT2D eigenvalue weighted by Gasteiger charge is 2.70. The van der Waals surface area contributed by atoms with Gasteiger partial charge in [0.15, 0.2) is 0 Å². The van der Waals surface area contributed by atoms with Crippen LogP contribution in [0.15, 0.2) is 42.5 Å². The Morgan fingerprint density at radius 3 is 2.37 bits per heavy atom. The molecule has 4 nitrogen and oxygen atoms in total. The van der Waals surface area contributed by atoms with E-state index >= 15 is 0 Å². The van der Waals surface area contributed by atoms with Crippen LogP contribution >= 0.6 is 0 Å². The van der Waals surface area contributed by atoms with Crippen LogP contribution in [0, 0.1) is 57.2 Å². The number of piperidine rings is 1. The van der Waals surface area contributed by atoms with Crippen molar-refractivity contribution in [3.05, 3.63) is 53.6 Å². The van der Waals surface area contributed by atoms with E-state index in [2.05, 4.69) is 64.8 Å². The molecule has 1 aliphatic heterocycles. The summed E-state index contributed by atoms with van der Waals surface area (Å²) in [7, 11) is 0. The number of aromatic carboxylic acids is 1. The third kappa shape index (κ3) is 4.69. The molecule has 10 atom stereocenters. The summed E-state index contributed by atoms with van der Waals surface area (Å²) in [6.45, 7) is 23.7. The fraction of sp³-hybridized carbons (Fsp3) is 0.738. The van der Waals surface area contributed by atoms with E-state index in [4.69, 9.17) is 0 Å². The van der Waals surface area contributed by atoms with E-state index in [9.17, 15) is 9.90 Å². The number of carboxylic acid groups (broad SMARTS) is 1. The fourth-order valence-electron chi connectivity index (χ4n) is 13.8. The average molecular weight is 627 g/mol. The van der Waals surface area contributed by atoms with Crippen LogP contribution in [0.1, 0.15) is 128 Å². The third-order valence-electron chi connectivity index (χ3n) is 16.2. The Bertz CT molecular complexity index is 1390. The number of rotatable bonds is 6. The Kier molecular flexibility index (Phi) is 8.04. The standard InChI is InChI=1S/C42H62N2O2/c1-27(2)31-16-21-42(44-26-28-9-8-24-43-25-28)23-22-40(6)33(36(31)42)14-15-35-39(5)19-17-32(29-10-12-30(13-11-29)37(45)46)38(3,4)34(39)18-20-41(35,40)7/h10-13,17,28,31,33-36,43-44H,1,8-9,14-16,18-26H2,2-7H3,(H,45,46)/t28?,31-,33+,34-,35+,36+,39-,40+,41+,42?/m0/s1. The van der Waals surface area contributed by atoms with Gasteiger partial charge in [-0.25, -0.2) is 4.79 Å². The number of fused-ring (bicyclic) bond motifs is 7. The van der Waals surface area contributed by atoms with Crippen molar-refractivity contribution in [1.82, 2.24) is 10.6 Å². The molecule has 5 fully saturated rings. The zero-order valence-electron chi connectivity index (χ0n) is 29.8. The topological polar surface area (TPSA) is 61.4 Å². The van der Waals surface area contributed by atoms with E-state index in [1.165, 1.54) is 101 Å². The Labute approximate surface area is 279 Å². The van der Waals surface area contributed by atoms with Crippen molar-refractivity contribution in [2.75, 3.05) is 19.6 Å². The molecular weight excluding hydrogens is 564 g/mol. The van der Waals surface area contributed by atoms with Crippen LogP contribution < -0.4 is 10.6 Å². The molecule has 0 bridgehead atoms. The molecule has 1 heterocycles. The number of benzene rings is 1. The van der Waals surface area contributed by atoms with Crippen LogP contribution in [0.5, 0.6) is 0 Å². The monoisotopic (exact) mass is 626 g/mol. The molecule has 0 spiro atoms. The van der Waals surface area contributed by atoms with Crippen molar-refractivity contribution in [3.63, 3.8) is 0 Å². The SMILES string of the molecule is C=C(C)[C@@H]1CCC2(NCC3CCCNC3)CC[C@]3(C)[C@H](CC[C@@H]4[C@@]5(C)CC=C(c6ccc(C(=O)O)cc6)C(C)(C)[C@@H]5CC[C@]43C)[C@@H]12. The van der Waals surface area contributed by atoms with Crippen molar-refractivity contribution in [1.29, 1.82) is 0 Å². The van der Waals surface area contributed by atoms with Crippen LogP contribution in [-0.4, -0.2) is 36.2 Å². The lowest BCUT2D eigenvalue weighted by Crippen LogP contribution is -2.68. The van der Waals surface area contributed by atoms with Crippen molar-refractivity contribution in [3.8, 4) is 0 Å². The quantitative estimate of drug-likeness (QED) is 0.275. The maximum atomic E-state index is 11.5. The van der Waals surface area contributed by atoms with Crippen molar-refractivity contribution >= 4 is 11.5 Å². The maximum Gasteiger partial charge on any atom is 0.335 e. The Hall–Kier alpha value is -1.91. The minimum atomic E-state index is -0.851. The van der Waals surface area contributed by atoms with E-state index in [0.29, 0.717) is 34.1 Å². The van der Waals surface area contributed by atoms with Gasteiger partial charge in [-0.2, -0.15) is 0 Å². The molecule has 3 N–H and O–H groups in total. The van der Waals surface area contributed by atoms with Gasteiger partial charge in [0.2, 0.25) is 0 Å². The third-order valence-corrected chi connectivity index (χ3v) is 16.2. The first-order valence-electron chi connectivity index (χ1n) is 18.9. The number of hydrogen-bond acceptors (Lipinski definition) is 3. The van der Waals surface area contributed by atoms with Gasteiger partial charge in [-0.15, -0.1) is 0 Å². The highest BCUT2D eigenvalue weighted by Crippen LogP contribution is 2.76. The average Bonchev–Trinajstić information content (AvgIpc) is 3.41. The lowest BCUT2D eigenvalue weighted by Gasteiger charge is -2.72. The molecule has 46 heavy (non-hydrogen) atoms. The molecule has 1 aromatic rings. The van der Waals surface area contributed by atoms with Gasteiger partial charge in [-0.1, -0.05) is 65.0 Å². The van der Waals surface area contributed by atoms with Gasteiger partial charge in [0.05, 0.1) is 5.56 Å². The number of carbonyl (C=O) groups is 1. The van der Waals surface area contributed by atoms with E-state index in [1.54, 1.807) is 12.1 Å². The molecule has 2 unspecified atom stereocenters. The predicted octanol–water partition coefficient (Wildman–Crippen LogP) is 9.38. The van der Waals surface area contributed by atoms with E-state index in [-0.39, 0.29) is 16.4 Å². The van der Waals surface area contributed by atoms with E-state index < -0.39 is 5.97 Å². The minimum Gasteiger partial charge on any atom is -0.478 e. The Morgan fingerprint density at radius 2 is 1.70 bits per heavy atom. The van der Waals surface area contributed by atoms with Crippen molar-refractivity contribution in [2.45, 2.75) is 118 Å².